The third-order valence-electron chi connectivity index (χ3n) is 9.35. The maximum atomic E-state index is 2.37. The van der Waals surface area contributed by atoms with Crippen LogP contribution in [0.15, 0.2) is 133 Å². The highest BCUT2D eigenvalue weighted by Crippen LogP contribution is 2.54. The van der Waals surface area contributed by atoms with E-state index in [-0.39, 0.29) is 0 Å². The predicted octanol–water partition coefficient (Wildman–Crippen LogP) is 11.3. The van der Waals surface area contributed by atoms with Gasteiger partial charge in [0.25, 0.3) is 0 Å². The van der Waals surface area contributed by atoms with Gasteiger partial charge in [-0.2, -0.15) is 0 Å². The number of rotatable bonds is 1. The van der Waals surface area contributed by atoms with Crippen LogP contribution in [-0.2, 0) is 0 Å². The van der Waals surface area contributed by atoms with Crippen molar-refractivity contribution in [2.75, 3.05) is 0 Å². The Morgan fingerprint density at radius 3 is 1.12 bits per heavy atom. The summed E-state index contributed by atoms with van der Waals surface area (Å²) < 4.78 is 0. The molecule has 2 aliphatic carbocycles. The lowest BCUT2D eigenvalue weighted by atomic mass is 9.89. The van der Waals surface area contributed by atoms with Crippen LogP contribution in [0.1, 0.15) is 0 Å². The van der Waals surface area contributed by atoms with E-state index in [1.165, 1.54) is 98.7 Å². The smallest absolute Gasteiger partial charge is 0.00199 e. The lowest BCUT2D eigenvalue weighted by Gasteiger charge is -2.14. The van der Waals surface area contributed by atoms with Gasteiger partial charge in [0, 0.05) is 0 Å². The van der Waals surface area contributed by atoms with Crippen molar-refractivity contribution in [1.29, 1.82) is 0 Å². The molecule has 0 amide bonds. The van der Waals surface area contributed by atoms with Gasteiger partial charge in [0.15, 0.2) is 0 Å². The van der Waals surface area contributed by atoms with Gasteiger partial charge in [0.1, 0.15) is 0 Å². The summed E-state index contributed by atoms with van der Waals surface area (Å²) in [5, 5.41) is 10.7. The molecule has 0 heterocycles. The van der Waals surface area contributed by atoms with E-state index in [4.69, 9.17) is 0 Å². The molecule has 0 saturated carbocycles. The van der Waals surface area contributed by atoms with Crippen LogP contribution in [0.4, 0.5) is 0 Å². The van der Waals surface area contributed by atoms with Gasteiger partial charge in [-0.1, -0.05) is 133 Å². The number of hydrogen-bond acceptors (Lipinski definition) is 0. The molecule has 0 N–H and O–H groups in total. The van der Waals surface area contributed by atoms with Crippen LogP contribution in [0.2, 0.25) is 0 Å². The van der Waals surface area contributed by atoms with Gasteiger partial charge in [-0.3, -0.25) is 0 Å². The van der Waals surface area contributed by atoms with E-state index in [2.05, 4.69) is 133 Å². The number of hydrogen-bond donors (Lipinski definition) is 0. The fraction of sp³-hybridized carbons (Fsp3) is 0. The van der Waals surface area contributed by atoms with Gasteiger partial charge in [0.2, 0.25) is 0 Å². The van der Waals surface area contributed by atoms with E-state index in [1.807, 2.05) is 0 Å². The van der Waals surface area contributed by atoms with E-state index >= 15 is 0 Å². The highest BCUT2D eigenvalue weighted by molar-refractivity contribution is 6.27. The van der Waals surface area contributed by atoms with Crippen molar-refractivity contribution in [2.45, 2.75) is 0 Å². The molecule has 0 aliphatic heterocycles. The molecule has 0 atom stereocenters. The molecular formula is C40H22. The van der Waals surface area contributed by atoms with Gasteiger partial charge in [-0.05, 0) is 98.7 Å². The molecule has 182 valence electrons. The number of benzene rings is 8. The molecule has 0 radical (unpaired) electrons. The van der Waals surface area contributed by atoms with E-state index in [0.717, 1.165) is 0 Å². The maximum Gasteiger partial charge on any atom is -0.00199 e. The molecule has 8 aromatic carbocycles. The largest absolute Gasteiger partial charge is 0.0616 e. The second-order valence-electron chi connectivity index (χ2n) is 11.2. The van der Waals surface area contributed by atoms with Gasteiger partial charge >= 0.3 is 0 Å². The van der Waals surface area contributed by atoms with Crippen LogP contribution in [0.5, 0.6) is 0 Å². The summed E-state index contributed by atoms with van der Waals surface area (Å²) in [6.07, 6.45) is 0. The van der Waals surface area contributed by atoms with Crippen LogP contribution in [0.25, 0.3) is 98.7 Å². The first-order valence-corrected chi connectivity index (χ1v) is 14.0. The summed E-state index contributed by atoms with van der Waals surface area (Å²) >= 11 is 0. The highest BCUT2D eigenvalue weighted by atomic mass is 14.3. The Hall–Kier alpha value is -5.20. The van der Waals surface area contributed by atoms with Crippen molar-refractivity contribution in [3.63, 3.8) is 0 Å². The minimum Gasteiger partial charge on any atom is -0.0616 e. The Balaban J connectivity index is 1.27. The normalized spacial score (nSPS) is 12.5. The minimum absolute atomic E-state index is 1.30. The minimum atomic E-state index is 1.30. The topological polar surface area (TPSA) is 0 Å². The van der Waals surface area contributed by atoms with Crippen molar-refractivity contribution < 1.29 is 0 Å². The Morgan fingerprint density at radius 1 is 0.225 bits per heavy atom. The van der Waals surface area contributed by atoms with Gasteiger partial charge in [-0.25, -0.2) is 0 Å². The molecule has 8 aromatic rings. The van der Waals surface area contributed by atoms with Crippen LogP contribution >= 0.6 is 0 Å². The van der Waals surface area contributed by atoms with Crippen LogP contribution < -0.4 is 0 Å². The zero-order valence-corrected chi connectivity index (χ0v) is 21.7. The highest BCUT2D eigenvalue weighted by Gasteiger charge is 2.27. The van der Waals surface area contributed by atoms with Crippen LogP contribution in [0.3, 0.4) is 0 Å². The van der Waals surface area contributed by atoms with Gasteiger partial charge in [0.05, 0.1) is 0 Å². The van der Waals surface area contributed by atoms with Crippen molar-refractivity contribution in [2.24, 2.45) is 0 Å². The van der Waals surface area contributed by atoms with E-state index in [0.29, 0.717) is 0 Å². The van der Waals surface area contributed by atoms with Crippen molar-refractivity contribution in [3.8, 4) is 55.6 Å². The Labute approximate surface area is 231 Å². The molecule has 40 heavy (non-hydrogen) atoms. The fourth-order valence-electron chi connectivity index (χ4n) is 7.72. The fourth-order valence-corrected chi connectivity index (χ4v) is 7.72. The lowest BCUT2D eigenvalue weighted by Crippen LogP contribution is -1.87. The zero-order valence-electron chi connectivity index (χ0n) is 21.7. The summed E-state index contributed by atoms with van der Waals surface area (Å²) in [6, 6.07) is 49.9. The molecule has 0 bridgehead atoms. The summed E-state index contributed by atoms with van der Waals surface area (Å²) in [7, 11) is 0. The molecule has 0 fully saturated rings. The van der Waals surface area contributed by atoms with Gasteiger partial charge in [-0.15, -0.1) is 0 Å². The monoisotopic (exact) mass is 502 g/mol. The van der Waals surface area contributed by atoms with Crippen molar-refractivity contribution >= 4 is 43.1 Å². The quantitative estimate of drug-likeness (QED) is 0.209. The molecular weight excluding hydrogens is 480 g/mol. The lowest BCUT2D eigenvalue weighted by molar-refractivity contribution is 1.70. The standard InChI is InChI=1S/C40H22/c1-3-9-25-23(7-1)15-17-33-31-13-5-11-29-27(19-21-35(37(25)33)39(29)31)28-20-22-36-38-26-10-4-2-8-24(26)16-18-34(38)32-14-6-12-30(28)40(32)36/h1-22H. The first kappa shape index (κ1) is 20.7. The van der Waals surface area contributed by atoms with E-state index in [1.54, 1.807) is 0 Å². The maximum absolute atomic E-state index is 2.37. The van der Waals surface area contributed by atoms with E-state index < -0.39 is 0 Å². The Morgan fingerprint density at radius 2 is 0.625 bits per heavy atom. The van der Waals surface area contributed by atoms with Crippen LogP contribution in [-0.4, -0.2) is 0 Å². The summed E-state index contributed by atoms with van der Waals surface area (Å²) in [4.78, 5) is 0. The Kier molecular flexibility index (Phi) is 3.76. The predicted molar refractivity (Wildman–Crippen MR) is 171 cm³/mol. The molecule has 0 saturated heterocycles. The first-order chi connectivity index (χ1) is 19.9. The average Bonchev–Trinajstić information content (AvgIpc) is 3.53. The SMILES string of the molecule is c1ccc2c3c(ccc2c1)-c1cccc2c(-c4ccc5c6c(cccc46)-c4ccc6ccccc6c4-5)ccc-3c12. The first-order valence-electron chi connectivity index (χ1n) is 14.0. The third kappa shape index (κ3) is 2.43. The zero-order chi connectivity index (χ0) is 25.9. The van der Waals surface area contributed by atoms with Gasteiger partial charge < -0.3 is 0 Å². The van der Waals surface area contributed by atoms with E-state index in [9.17, 15) is 0 Å². The molecule has 0 unspecified atom stereocenters. The summed E-state index contributed by atoms with van der Waals surface area (Å²) in [6.45, 7) is 0. The van der Waals surface area contributed by atoms with Crippen molar-refractivity contribution in [3.05, 3.63) is 133 Å². The summed E-state index contributed by atoms with van der Waals surface area (Å²) in [5.74, 6) is 0. The summed E-state index contributed by atoms with van der Waals surface area (Å²) in [5.41, 5.74) is 13.5. The molecule has 2 aliphatic rings. The van der Waals surface area contributed by atoms with Crippen LogP contribution in [0, 0.1) is 0 Å². The number of fused-ring (bicyclic) bond motifs is 10. The molecule has 10 rings (SSSR count). The third-order valence-corrected chi connectivity index (χ3v) is 9.35. The molecule has 0 spiro atoms. The molecule has 0 nitrogen and oxygen atoms in total. The molecule has 0 aromatic heterocycles. The second kappa shape index (κ2) is 7.25. The average molecular weight is 503 g/mol. The Bertz CT molecular complexity index is 2250. The molecule has 0 heteroatoms. The second-order valence-corrected chi connectivity index (χ2v) is 11.2. The van der Waals surface area contributed by atoms with Crippen molar-refractivity contribution in [1.82, 2.24) is 0 Å².